The van der Waals surface area contributed by atoms with E-state index in [0.29, 0.717) is 0 Å². The molecular formula is C15H17NOS. The number of nitrogens with zero attached hydrogens (tertiary/aromatic N) is 1. The van der Waals surface area contributed by atoms with Crippen LogP contribution in [-0.2, 0) is 0 Å². The van der Waals surface area contributed by atoms with Gasteiger partial charge in [-0.25, -0.2) is 0 Å². The molecule has 0 saturated heterocycles. The maximum atomic E-state index is 12.3. The van der Waals surface area contributed by atoms with E-state index in [0.717, 1.165) is 5.56 Å². The maximum absolute atomic E-state index is 12.3. The lowest BCUT2D eigenvalue weighted by atomic mass is 10.1. The Balaban J connectivity index is 2.16. The van der Waals surface area contributed by atoms with Crippen LogP contribution in [0.5, 0.6) is 0 Å². The summed E-state index contributed by atoms with van der Waals surface area (Å²) >= 11 is 1.68. The lowest BCUT2D eigenvalue weighted by molar-refractivity contribution is 0.0745. The van der Waals surface area contributed by atoms with Crippen LogP contribution in [0.3, 0.4) is 0 Å². The van der Waals surface area contributed by atoms with E-state index < -0.39 is 0 Å². The first kappa shape index (κ1) is 12.8. The third-order valence-corrected chi connectivity index (χ3v) is 4.20. The molecule has 0 aliphatic carbocycles. The van der Waals surface area contributed by atoms with Gasteiger partial charge >= 0.3 is 0 Å². The van der Waals surface area contributed by atoms with Crippen LogP contribution in [0.15, 0.2) is 41.8 Å². The summed E-state index contributed by atoms with van der Waals surface area (Å²) < 4.78 is 0. The topological polar surface area (TPSA) is 20.3 Å². The summed E-state index contributed by atoms with van der Waals surface area (Å²) in [6, 6.07) is 11.9. The molecule has 2 aromatic rings. The molecule has 1 aromatic heterocycles. The number of thiophene rings is 1. The summed E-state index contributed by atoms with van der Waals surface area (Å²) in [5, 5.41) is 2.04. The number of aryl methyl sites for hydroxylation is 1. The van der Waals surface area contributed by atoms with Crippen LogP contribution in [0.4, 0.5) is 0 Å². The van der Waals surface area contributed by atoms with Gasteiger partial charge in [0.1, 0.15) is 0 Å². The number of carbonyl (C=O) groups excluding carboxylic acids is 1. The predicted octanol–water partition coefficient (Wildman–Crippen LogP) is 3.89. The second kappa shape index (κ2) is 5.36. The molecule has 1 atom stereocenters. The van der Waals surface area contributed by atoms with Crippen molar-refractivity contribution in [2.75, 3.05) is 7.05 Å². The first-order valence-corrected chi connectivity index (χ1v) is 6.85. The normalized spacial score (nSPS) is 12.2. The minimum Gasteiger partial charge on any atom is -0.334 e. The highest BCUT2D eigenvalue weighted by atomic mass is 32.1. The SMILES string of the molecule is Cc1ccc(C(=O)N(C)C(C)c2cccs2)cc1. The van der Waals surface area contributed by atoms with E-state index in [1.54, 1.807) is 16.2 Å². The van der Waals surface area contributed by atoms with Gasteiger partial charge in [-0.1, -0.05) is 23.8 Å². The molecule has 0 saturated carbocycles. The Morgan fingerprint density at radius 1 is 1.22 bits per heavy atom. The second-order valence-corrected chi connectivity index (χ2v) is 5.45. The predicted molar refractivity (Wildman–Crippen MR) is 76.0 cm³/mol. The van der Waals surface area contributed by atoms with Crippen molar-refractivity contribution in [1.82, 2.24) is 4.90 Å². The van der Waals surface area contributed by atoms with Crippen molar-refractivity contribution in [3.63, 3.8) is 0 Å². The van der Waals surface area contributed by atoms with E-state index >= 15 is 0 Å². The Bertz CT molecular complexity index is 516. The fourth-order valence-corrected chi connectivity index (χ4v) is 2.62. The molecule has 0 bridgehead atoms. The van der Waals surface area contributed by atoms with Gasteiger partial charge in [-0.15, -0.1) is 11.3 Å². The fraction of sp³-hybridized carbons (Fsp3) is 0.267. The molecule has 0 N–H and O–H groups in total. The minimum absolute atomic E-state index is 0.0656. The summed E-state index contributed by atoms with van der Waals surface area (Å²) in [4.78, 5) is 15.3. The zero-order valence-electron chi connectivity index (χ0n) is 10.9. The minimum atomic E-state index is 0.0656. The molecular weight excluding hydrogens is 242 g/mol. The van der Waals surface area contributed by atoms with Crippen LogP contribution in [0.2, 0.25) is 0 Å². The second-order valence-electron chi connectivity index (χ2n) is 4.47. The van der Waals surface area contributed by atoms with Crippen LogP contribution >= 0.6 is 11.3 Å². The molecule has 0 aliphatic rings. The quantitative estimate of drug-likeness (QED) is 0.819. The van der Waals surface area contributed by atoms with Gasteiger partial charge < -0.3 is 4.90 Å². The number of carbonyl (C=O) groups is 1. The molecule has 0 fully saturated rings. The van der Waals surface area contributed by atoms with Gasteiger partial charge in [-0.3, -0.25) is 4.79 Å². The highest BCUT2D eigenvalue weighted by Crippen LogP contribution is 2.24. The Morgan fingerprint density at radius 2 is 1.89 bits per heavy atom. The summed E-state index contributed by atoms with van der Waals surface area (Å²) in [5.41, 5.74) is 1.91. The lowest BCUT2D eigenvalue weighted by Crippen LogP contribution is -2.29. The Kier molecular flexibility index (Phi) is 3.82. The van der Waals surface area contributed by atoms with Crippen LogP contribution in [0, 0.1) is 6.92 Å². The largest absolute Gasteiger partial charge is 0.334 e. The van der Waals surface area contributed by atoms with Gasteiger partial charge in [0, 0.05) is 17.5 Å². The number of benzene rings is 1. The van der Waals surface area contributed by atoms with Crippen LogP contribution < -0.4 is 0 Å². The van der Waals surface area contributed by atoms with E-state index in [2.05, 4.69) is 13.0 Å². The molecule has 1 aromatic carbocycles. The molecule has 1 heterocycles. The molecule has 1 amide bonds. The van der Waals surface area contributed by atoms with Gasteiger partial charge in [-0.05, 0) is 37.4 Å². The molecule has 2 nitrogen and oxygen atoms in total. The van der Waals surface area contributed by atoms with Crippen LogP contribution in [-0.4, -0.2) is 17.9 Å². The smallest absolute Gasteiger partial charge is 0.254 e. The summed E-state index contributed by atoms with van der Waals surface area (Å²) in [6.45, 7) is 4.07. The van der Waals surface area contributed by atoms with Crippen LogP contribution in [0.1, 0.15) is 33.8 Å². The van der Waals surface area contributed by atoms with Gasteiger partial charge in [-0.2, -0.15) is 0 Å². The monoisotopic (exact) mass is 259 g/mol. The number of amides is 1. The molecule has 18 heavy (non-hydrogen) atoms. The first-order valence-electron chi connectivity index (χ1n) is 5.97. The zero-order chi connectivity index (χ0) is 13.1. The number of rotatable bonds is 3. The molecule has 94 valence electrons. The zero-order valence-corrected chi connectivity index (χ0v) is 11.7. The summed E-state index contributed by atoms with van der Waals surface area (Å²) in [6.07, 6.45) is 0. The highest BCUT2D eigenvalue weighted by Gasteiger charge is 2.19. The summed E-state index contributed by atoms with van der Waals surface area (Å²) in [7, 11) is 1.85. The summed E-state index contributed by atoms with van der Waals surface area (Å²) in [5.74, 6) is 0.0656. The number of hydrogen-bond donors (Lipinski definition) is 0. The van der Waals surface area contributed by atoms with Gasteiger partial charge in [0.15, 0.2) is 0 Å². The average Bonchev–Trinajstić information content (AvgIpc) is 2.91. The van der Waals surface area contributed by atoms with Crippen molar-refractivity contribution in [3.05, 3.63) is 57.8 Å². The lowest BCUT2D eigenvalue weighted by Gasteiger charge is -2.24. The van der Waals surface area contributed by atoms with Crippen LogP contribution in [0.25, 0.3) is 0 Å². The average molecular weight is 259 g/mol. The van der Waals surface area contributed by atoms with Gasteiger partial charge in [0.05, 0.1) is 6.04 Å². The molecule has 0 spiro atoms. The van der Waals surface area contributed by atoms with Crippen molar-refractivity contribution in [1.29, 1.82) is 0 Å². The van der Waals surface area contributed by atoms with E-state index in [-0.39, 0.29) is 11.9 Å². The van der Waals surface area contributed by atoms with Crippen molar-refractivity contribution < 1.29 is 4.79 Å². The Morgan fingerprint density at radius 3 is 2.44 bits per heavy atom. The fourth-order valence-electron chi connectivity index (χ4n) is 1.80. The van der Waals surface area contributed by atoms with E-state index in [1.807, 2.05) is 49.7 Å². The first-order chi connectivity index (χ1) is 8.59. The van der Waals surface area contributed by atoms with Crippen molar-refractivity contribution in [3.8, 4) is 0 Å². The van der Waals surface area contributed by atoms with E-state index in [4.69, 9.17) is 0 Å². The van der Waals surface area contributed by atoms with E-state index in [9.17, 15) is 4.79 Å². The van der Waals surface area contributed by atoms with E-state index in [1.165, 1.54) is 10.4 Å². The maximum Gasteiger partial charge on any atom is 0.254 e. The third kappa shape index (κ3) is 2.62. The number of hydrogen-bond acceptors (Lipinski definition) is 2. The van der Waals surface area contributed by atoms with Crippen molar-refractivity contribution in [2.45, 2.75) is 19.9 Å². The Hall–Kier alpha value is -1.61. The van der Waals surface area contributed by atoms with Gasteiger partial charge in [0.25, 0.3) is 5.91 Å². The Labute approximate surface area is 112 Å². The standard InChI is InChI=1S/C15H17NOS/c1-11-6-8-13(9-7-11)15(17)16(3)12(2)14-5-4-10-18-14/h4-10,12H,1-3H3. The highest BCUT2D eigenvalue weighted by molar-refractivity contribution is 7.10. The molecule has 0 aliphatic heterocycles. The third-order valence-electron chi connectivity index (χ3n) is 3.15. The molecule has 0 radical (unpaired) electrons. The molecule has 2 rings (SSSR count). The van der Waals surface area contributed by atoms with Crippen molar-refractivity contribution >= 4 is 17.2 Å². The van der Waals surface area contributed by atoms with Gasteiger partial charge in [0.2, 0.25) is 0 Å². The van der Waals surface area contributed by atoms with Crippen molar-refractivity contribution in [2.24, 2.45) is 0 Å². The molecule has 1 unspecified atom stereocenters. The molecule has 3 heteroatoms.